The lowest BCUT2D eigenvalue weighted by atomic mass is 10.1. The van der Waals surface area contributed by atoms with E-state index < -0.39 is 0 Å². The molecule has 1 aliphatic heterocycles. The van der Waals surface area contributed by atoms with Gasteiger partial charge in [-0.05, 0) is 49.7 Å². The Labute approximate surface area is 114 Å². The Kier molecular flexibility index (Phi) is 4.89. The zero-order chi connectivity index (χ0) is 13.7. The molecule has 1 aliphatic rings. The van der Waals surface area contributed by atoms with Crippen LogP contribution in [-0.4, -0.2) is 30.6 Å². The summed E-state index contributed by atoms with van der Waals surface area (Å²) >= 11 is 0. The number of halogens is 1. The lowest BCUT2D eigenvalue weighted by Gasteiger charge is -2.28. The van der Waals surface area contributed by atoms with Crippen LogP contribution in [0.25, 0.3) is 0 Å². The van der Waals surface area contributed by atoms with Gasteiger partial charge in [0.15, 0.2) is 0 Å². The van der Waals surface area contributed by atoms with Crippen LogP contribution in [0.1, 0.15) is 30.9 Å². The van der Waals surface area contributed by atoms with Crippen LogP contribution >= 0.6 is 0 Å². The van der Waals surface area contributed by atoms with Crippen LogP contribution in [0.3, 0.4) is 0 Å². The van der Waals surface area contributed by atoms with Crippen LogP contribution in [-0.2, 0) is 6.54 Å². The van der Waals surface area contributed by atoms with Gasteiger partial charge in [-0.15, -0.1) is 0 Å². The molecule has 0 bridgehead atoms. The first-order chi connectivity index (χ1) is 9.22. The first-order valence-electron chi connectivity index (χ1n) is 6.87. The zero-order valence-electron chi connectivity index (χ0n) is 11.3. The van der Waals surface area contributed by atoms with Crippen molar-refractivity contribution in [2.24, 2.45) is 0 Å². The van der Waals surface area contributed by atoms with Crippen LogP contribution in [0.5, 0.6) is 0 Å². The molecule has 3 nitrogen and oxygen atoms in total. The second-order valence-corrected chi connectivity index (χ2v) is 5.08. The van der Waals surface area contributed by atoms with Crippen molar-refractivity contribution >= 4 is 0 Å². The van der Waals surface area contributed by atoms with E-state index in [2.05, 4.69) is 17.1 Å². The van der Waals surface area contributed by atoms with E-state index in [1.807, 2.05) is 6.07 Å². The van der Waals surface area contributed by atoms with Crippen LogP contribution < -0.4 is 5.32 Å². The molecule has 1 N–H and O–H groups in total. The minimum Gasteiger partial charge on any atom is -0.315 e. The zero-order valence-corrected chi connectivity index (χ0v) is 11.3. The standard InChI is InChI=1S/C15H20FN3/c1-2-5-19(15-3-4-18-10-15)11-13-6-12(9-17)7-14(16)8-13/h6-8,15,18H,2-5,10-11H2,1H3. The molecule has 0 amide bonds. The van der Waals surface area contributed by atoms with Gasteiger partial charge in [0.25, 0.3) is 0 Å². The summed E-state index contributed by atoms with van der Waals surface area (Å²) in [5.41, 5.74) is 1.29. The van der Waals surface area contributed by atoms with Crippen molar-refractivity contribution in [2.45, 2.75) is 32.4 Å². The largest absolute Gasteiger partial charge is 0.315 e. The van der Waals surface area contributed by atoms with E-state index >= 15 is 0 Å². The van der Waals surface area contributed by atoms with Crippen molar-refractivity contribution in [1.29, 1.82) is 5.26 Å². The smallest absolute Gasteiger partial charge is 0.124 e. The van der Waals surface area contributed by atoms with E-state index in [-0.39, 0.29) is 5.82 Å². The third-order valence-corrected chi connectivity index (χ3v) is 3.53. The Bertz CT molecular complexity index is 461. The highest BCUT2D eigenvalue weighted by Gasteiger charge is 2.21. The molecule has 0 spiro atoms. The highest BCUT2D eigenvalue weighted by molar-refractivity contribution is 5.33. The first kappa shape index (κ1) is 14.0. The molecule has 0 aliphatic carbocycles. The molecule has 19 heavy (non-hydrogen) atoms. The molecule has 102 valence electrons. The van der Waals surface area contributed by atoms with Crippen molar-refractivity contribution in [2.75, 3.05) is 19.6 Å². The minimum atomic E-state index is -0.324. The predicted molar refractivity (Wildman–Crippen MR) is 73.1 cm³/mol. The van der Waals surface area contributed by atoms with E-state index in [0.717, 1.165) is 38.0 Å². The molecule has 1 saturated heterocycles. The molecule has 1 aromatic carbocycles. The summed E-state index contributed by atoms with van der Waals surface area (Å²) in [5, 5.41) is 12.3. The maximum atomic E-state index is 13.4. The third-order valence-electron chi connectivity index (χ3n) is 3.53. The highest BCUT2D eigenvalue weighted by Crippen LogP contribution is 2.16. The summed E-state index contributed by atoms with van der Waals surface area (Å²) in [6.07, 6.45) is 2.22. The Morgan fingerprint density at radius 3 is 2.95 bits per heavy atom. The Morgan fingerprint density at radius 2 is 2.32 bits per heavy atom. The third kappa shape index (κ3) is 3.76. The summed E-state index contributed by atoms with van der Waals surface area (Å²) in [7, 11) is 0. The fraction of sp³-hybridized carbons (Fsp3) is 0.533. The van der Waals surface area contributed by atoms with Crippen LogP contribution in [0, 0.1) is 17.1 Å². The Morgan fingerprint density at radius 1 is 1.47 bits per heavy atom. The summed E-state index contributed by atoms with van der Waals surface area (Å²) in [4.78, 5) is 2.38. The van der Waals surface area contributed by atoms with Gasteiger partial charge in [-0.25, -0.2) is 4.39 Å². The number of rotatable bonds is 5. The van der Waals surface area contributed by atoms with Gasteiger partial charge >= 0.3 is 0 Å². The van der Waals surface area contributed by atoms with Crippen LogP contribution in [0.15, 0.2) is 18.2 Å². The van der Waals surface area contributed by atoms with E-state index in [1.54, 1.807) is 6.07 Å². The molecule has 1 aromatic rings. The SMILES string of the molecule is CCCN(Cc1cc(F)cc(C#N)c1)C1CCNC1. The van der Waals surface area contributed by atoms with Gasteiger partial charge in [0, 0.05) is 19.1 Å². The number of nitriles is 1. The fourth-order valence-electron chi connectivity index (χ4n) is 2.67. The lowest BCUT2D eigenvalue weighted by Crippen LogP contribution is -2.36. The number of hydrogen-bond acceptors (Lipinski definition) is 3. The quantitative estimate of drug-likeness (QED) is 0.883. The van der Waals surface area contributed by atoms with Crippen molar-refractivity contribution < 1.29 is 4.39 Å². The van der Waals surface area contributed by atoms with Crippen molar-refractivity contribution in [3.05, 3.63) is 35.1 Å². The molecular formula is C15H20FN3. The average molecular weight is 261 g/mol. The molecule has 0 aromatic heterocycles. The van der Waals surface area contributed by atoms with Gasteiger partial charge in [0.05, 0.1) is 11.6 Å². The molecule has 1 heterocycles. The summed E-state index contributed by atoms with van der Waals surface area (Å²) < 4.78 is 13.4. The van der Waals surface area contributed by atoms with Gasteiger partial charge in [0.2, 0.25) is 0 Å². The highest BCUT2D eigenvalue weighted by atomic mass is 19.1. The molecule has 1 unspecified atom stereocenters. The molecule has 4 heteroatoms. The second kappa shape index (κ2) is 6.65. The molecule has 2 rings (SSSR count). The molecule has 0 radical (unpaired) electrons. The Hall–Kier alpha value is -1.44. The van der Waals surface area contributed by atoms with E-state index in [4.69, 9.17) is 5.26 Å². The maximum Gasteiger partial charge on any atom is 0.124 e. The normalized spacial score (nSPS) is 18.7. The summed E-state index contributed by atoms with van der Waals surface area (Å²) in [6, 6.07) is 7.14. The molecule has 0 saturated carbocycles. The number of nitrogens with zero attached hydrogens (tertiary/aromatic N) is 2. The van der Waals surface area contributed by atoms with E-state index in [9.17, 15) is 4.39 Å². The van der Waals surface area contributed by atoms with Crippen molar-refractivity contribution in [3.8, 4) is 6.07 Å². The number of benzene rings is 1. The summed E-state index contributed by atoms with van der Waals surface area (Å²) in [5.74, 6) is -0.324. The van der Waals surface area contributed by atoms with E-state index in [1.165, 1.54) is 12.1 Å². The predicted octanol–water partition coefficient (Wildman–Crippen LogP) is 2.27. The van der Waals surface area contributed by atoms with Crippen LogP contribution in [0.2, 0.25) is 0 Å². The number of nitrogens with one attached hydrogen (secondary N) is 1. The van der Waals surface area contributed by atoms with Gasteiger partial charge in [0.1, 0.15) is 5.82 Å². The van der Waals surface area contributed by atoms with Crippen molar-refractivity contribution in [1.82, 2.24) is 10.2 Å². The second-order valence-electron chi connectivity index (χ2n) is 5.08. The van der Waals surface area contributed by atoms with Gasteiger partial charge < -0.3 is 5.32 Å². The fourth-order valence-corrected chi connectivity index (χ4v) is 2.67. The molecule has 1 atom stereocenters. The van der Waals surface area contributed by atoms with Gasteiger partial charge in [-0.2, -0.15) is 5.26 Å². The topological polar surface area (TPSA) is 39.1 Å². The molecular weight excluding hydrogens is 241 g/mol. The maximum absolute atomic E-state index is 13.4. The summed E-state index contributed by atoms with van der Waals surface area (Å²) in [6.45, 7) is 5.93. The van der Waals surface area contributed by atoms with E-state index in [0.29, 0.717) is 18.2 Å². The average Bonchev–Trinajstić information content (AvgIpc) is 2.91. The minimum absolute atomic E-state index is 0.324. The monoisotopic (exact) mass is 261 g/mol. The number of hydrogen-bond donors (Lipinski definition) is 1. The Balaban J connectivity index is 2.12. The van der Waals surface area contributed by atoms with Crippen LogP contribution in [0.4, 0.5) is 4.39 Å². The molecule has 1 fully saturated rings. The van der Waals surface area contributed by atoms with Gasteiger partial charge in [-0.1, -0.05) is 6.92 Å². The first-order valence-corrected chi connectivity index (χ1v) is 6.87. The van der Waals surface area contributed by atoms with Crippen molar-refractivity contribution in [3.63, 3.8) is 0 Å². The van der Waals surface area contributed by atoms with Gasteiger partial charge in [-0.3, -0.25) is 4.90 Å². The lowest BCUT2D eigenvalue weighted by molar-refractivity contribution is 0.199.